The van der Waals surface area contributed by atoms with Gasteiger partial charge in [-0.15, -0.1) is 0 Å². The van der Waals surface area contributed by atoms with Gasteiger partial charge in [0.15, 0.2) is 0 Å². The second-order valence-electron chi connectivity index (χ2n) is 9.53. The van der Waals surface area contributed by atoms with Gasteiger partial charge < -0.3 is 9.80 Å². The largest absolute Gasteiger partial charge is 0.339 e. The number of hydrogen-bond acceptors (Lipinski definition) is 2. The van der Waals surface area contributed by atoms with E-state index in [1.807, 2.05) is 46.2 Å². The molecular weight excluding hydrogens is 420 g/mol. The summed E-state index contributed by atoms with van der Waals surface area (Å²) in [6.07, 6.45) is 3.97. The normalized spacial score (nSPS) is 17.5. The van der Waals surface area contributed by atoms with Crippen LogP contribution in [0.5, 0.6) is 0 Å². The molecule has 0 spiro atoms. The van der Waals surface area contributed by atoms with Gasteiger partial charge in [-0.3, -0.25) is 9.59 Å². The molecule has 0 atom stereocenters. The Labute approximate surface area is 202 Å². The molecule has 3 aromatic carbocycles. The summed E-state index contributed by atoms with van der Waals surface area (Å²) in [6.45, 7) is 3.09. The Morgan fingerprint density at radius 2 is 0.824 bits per heavy atom. The second-order valence-corrected chi connectivity index (χ2v) is 9.53. The van der Waals surface area contributed by atoms with Crippen LogP contribution in [0.4, 0.5) is 0 Å². The van der Waals surface area contributed by atoms with E-state index >= 15 is 0 Å². The number of amides is 2. The number of piperidine rings is 2. The summed E-state index contributed by atoms with van der Waals surface area (Å²) >= 11 is 0. The van der Waals surface area contributed by atoms with Gasteiger partial charge >= 0.3 is 0 Å². The molecule has 2 fully saturated rings. The minimum atomic E-state index is 0.0641. The van der Waals surface area contributed by atoms with E-state index in [-0.39, 0.29) is 11.8 Å². The zero-order valence-corrected chi connectivity index (χ0v) is 19.6. The van der Waals surface area contributed by atoms with Crippen LogP contribution in [-0.2, 0) is 0 Å². The predicted octanol–water partition coefficient (Wildman–Crippen LogP) is 5.73. The summed E-state index contributed by atoms with van der Waals surface area (Å²) in [5.74, 6) is 1.18. The van der Waals surface area contributed by atoms with Crippen LogP contribution < -0.4 is 0 Å². The van der Waals surface area contributed by atoms with Crippen molar-refractivity contribution in [3.63, 3.8) is 0 Å². The van der Waals surface area contributed by atoms with E-state index in [9.17, 15) is 9.59 Å². The molecule has 2 aliphatic heterocycles. The first-order valence-corrected chi connectivity index (χ1v) is 12.5. The molecule has 4 heteroatoms. The lowest BCUT2D eigenvalue weighted by molar-refractivity contribution is 0.0701. The maximum absolute atomic E-state index is 13.0. The molecule has 4 nitrogen and oxygen atoms in total. The van der Waals surface area contributed by atoms with Crippen molar-refractivity contribution >= 4 is 11.8 Å². The van der Waals surface area contributed by atoms with Crippen LogP contribution in [0.3, 0.4) is 0 Å². The minimum Gasteiger partial charge on any atom is -0.339 e. The summed E-state index contributed by atoms with van der Waals surface area (Å²) in [6, 6.07) is 28.4. The number of benzene rings is 3. The van der Waals surface area contributed by atoms with Crippen LogP contribution in [0, 0.1) is 0 Å². The fourth-order valence-electron chi connectivity index (χ4n) is 5.40. The number of carbonyl (C=O) groups excluding carboxylic acids is 2. The van der Waals surface area contributed by atoms with E-state index in [0.717, 1.165) is 51.9 Å². The van der Waals surface area contributed by atoms with Crippen molar-refractivity contribution in [2.24, 2.45) is 0 Å². The van der Waals surface area contributed by atoms with Gasteiger partial charge in [0.2, 0.25) is 0 Å². The number of carbonyl (C=O) groups is 2. The Balaban J connectivity index is 1.15. The zero-order valence-electron chi connectivity index (χ0n) is 19.6. The monoisotopic (exact) mass is 452 g/mol. The number of rotatable bonds is 4. The van der Waals surface area contributed by atoms with Crippen molar-refractivity contribution in [3.05, 3.63) is 107 Å². The molecule has 34 heavy (non-hydrogen) atoms. The Bertz CT molecular complexity index is 1010. The standard InChI is InChI=1S/C30H32N2O2/c33-29(31-19-15-25(16-20-31)23-7-3-1-4-8-23)27-11-13-28(14-12-27)30(34)32-21-17-26(18-22-32)24-9-5-2-6-10-24/h1-14,25-26H,15-22H2. The van der Waals surface area contributed by atoms with Crippen molar-refractivity contribution in [1.82, 2.24) is 9.80 Å². The van der Waals surface area contributed by atoms with E-state index in [1.54, 1.807) is 0 Å². The van der Waals surface area contributed by atoms with E-state index in [4.69, 9.17) is 0 Å². The Morgan fingerprint density at radius 1 is 0.500 bits per heavy atom. The lowest BCUT2D eigenvalue weighted by Crippen LogP contribution is -2.38. The second kappa shape index (κ2) is 10.3. The quantitative estimate of drug-likeness (QED) is 0.507. The summed E-state index contributed by atoms with van der Waals surface area (Å²) in [4.78, 5) is 30.0. The van der Waals surface area contributed by atoms with Gasteiger partial charge in [0.1, 0.15) is 0 Å². The molecule has 0 saturated carbocycles. The molecule has 2 amide bonds. The Hall–Kier alpha value is -3.40. The van der Waals surface area contributed by atoms with Crippen LogP contribution in [0.25, 0.3) is 0 Å². The maximum atomic E-state index is 13.0. The average Bonchev–Trinajstić information content (AvgIpc) is 2.93. The molecule has 0 unspecified atom stereocenters. The smallest absolute Gasteiger partial charge is 0.253 e. The molecule has 3 aromatic rings. The van der Waals surface area contributed by atoms with E-state index in [0.29, 0.717) is 23.0 Å². The lowest BCUT2D eigenvalue weighted by atomic mass is 9.89. The van der Waals surface area contributed by atoms with Crippen LogP contribution >= 0.6 is 0 Å². The number of nitrogens with zero attached hydrogens (tertiary/aromatic N) is 2. The van der Waals surface area contributed by atoms with Crippen LogP contribution in [0.15, 0.2) is 84.9 Å². The summed E-state index contributed by atoms with van der Waals surface area (Å²) < 4.78 is 0. The predicted molar refractivity (Wildman–Crippen MR) is 135 cm³/mol. The zero-order chi connectivity index (χ0) is 23.3. The van der Waals surface area contributed by atoms with Gasteiger partial charge in [-0.2, -0.15) is 0 Å². The van der Waals surface area contributed by atoms with E-state index < -0.39 is 0 Å². The van der Waals surface area contributed by atoms with E-state index in [1.165, 1.54) is 11.1 Å². The molecule has 0 aliphatic carbocycles. The fraction of sp³-hybridized carbons (Fsp3) is 0.333. The summed E-state index contributed by atoms with van der Waals surface area (Å²) in [7, 11) is 0. The third-order valence-corrected chi connectivity index (χ3v) is 7.49. The third kappa shape index (κ3) is 4.91. The highest BCUT2D eigenvalue weighted by Gasteiger charge is 2.26. The first kappa shape index (κ1) is 22.4. The van der Waals surface area contributed by atoms with E-state index in [2.05, 4.69) is 48.5 Å². The molecule has 0 N–H and O–H groups in total. The minimum absolute atomic E-state index is 0.0641. The van der Waals surface area contributed by atoms with Crippen LogP contribution in [0.2, 0.25) is 0 Å². The fourth-order valence-corrected chi connectivity index (χ4v) is 5.40. The first-order chi connectivity index (χ1) is 16.7. The molecule has 0 bridgehead atoms. The third-order valence-electron chi connectivity index (χ3n) is 7.49. The van der Waals surface area contributed by atoms with Crippen LogP contribution in [-0.4, -0.2) is 47.8 Å². The average molecular weight is 453 g/mol. The van der Waals surface area contributed by atoms with Gasteiger partial charge in [0.25, 0.3) is 11.8 Å². The summed E-state index contributed by atoms with van der Waals surface area (Å²) in [5.41, 5.74) is 4.06. The molecule has 2 heterocycles. The molecule has 0 aromatic heterocycles. The topological polar surface area (TPSA) is 40.6 Å². The Kier molecular flexibility index (Phi) is 6.75. The first-order valence-electron chi connectivity index (χ1n) is 12.5. The molecular formula is C30H32N2O2. The van der Waals surface area contributed by atoms with Gasteiger partial charge in [-0.05, 0) is 72.9 Å². The van der Waals surface area contributed by atoms with Gasteiger partial charge in [-0.1, -0.05) is 60.7 Å². The van der Waals surface area contributed by atoms with Crippen molar-refractivity contribution < 1.29 is 9.59 Å². The van der Waals surface area contributed by atoms with Gasteiger partial charge in [0, 0.05) is 37.3 Å². The Morgan fingerprint density at radius 3 is 1.15 bits per heavy atom. The molecule has 2 saturated heterocycles. The molecule has 5 rings (SSSR count). The number of hydrogen-bond donors (Lipinski definition) is 0. The maximum Gasteiger partial charge on any atom is 0.253 e. The lowest BCUT2D eigenvalue weighted by Gasteiger charge is -2.33. The highest BCUT2D eigenvalue weighted by Crippen LogP contribution is 2.30. The van der Waals surface area contributed by atoms with Gasteiger partial charge in [-0.25, -0.2) is 0 Å². The molecule has 0 radical (unpaired) electrons. The molecule has 174 valence electrons. The van der Waals surface area contributed by atoms with Crippen molar-refractivity contribution in [1.29, 1.82) is 0 Å². The van der Waals surface area contributed by atoms with Crippen molar-refractivity contribution in [3.8, 4) is 0 Å². The highest BCUT2D eigenvalue weighted by molar-refractivity contribution is 5.98. The highest BCUT2D eigenvalue weighted by atomic mass is 16.2. The van der Waals surface area contributed by atoms with Crippen LogP contribution in [0.1, 0.15) is 69.4 Å². The SMILES string of the molecule is O=C(c1ccc(C(=O)N2CCC(c3ccccc3)CC2)cc1)N1CCC(c2ccccc2)CC1. The van der Waals surface area contributed by atoms with Crippen molar-refractivity contribution in [2.75, 3.05) is 26.2 Å². The van der Waals surface area contributed by atoms with Crippen molar-refractivity contribution in [2.45, 2.75) is 37.5 Å². The molecule has 2 aliphatic rings. The number of likely N-dealkylation sites (tertiary alicyclic amines) is 2. The van der Waals surface area contributed by atoms with Gasteiger partial charge in [0.05, 0.1) is 0 Å². The summed E-state index contributed by atoms with van der Waals surface area (Å²) in [5, 5.41) is 0.